The fraction of sp³-hybridized carbons (Fsp3) is 0.182. The van der Waals surface area contributed by atoms with Gasteiger partial charge in [0.1, 0.15) is 13.2 Å². The van der Waals surface area contributed by atoms with E-state index in [0.29, 0.717) is 23.1 Å². The van der Waals surface area contributed by atoms with E-state index in [4.69, 9.17) is 9.47 Å². The summed E-state index contributed by atoms with van der Waals surface area (Å²) in [6, 6.07) is 23.4. The first-order chi connectivity index (χ1) is 20.4. The summed E-state index contributed by atoms with van der Waals surface area (Å²) in [6.07, 6.45) is 5.50. The number of ether oxygens (including phenoxy) is 2. The maximum Gasteiger partial charge on any atom is 0.338 e. The van der Waals surface area contributed by atoms with E-state index in [1.165, 1.54) is 6.07 Å². The van der Waals surface area contributed by atoms with Crippen molar-refractivity contribution < 1.29 is 33.4 Å². The Morgan fingerprint density at radius 2 is 1.24 bits per heavy atom. The van der Waals surface area contributed by atoms with Crippen LogP contribution in [0, 0.1) is 5.92 Å². The fourth-order valence-electron chi connectivity index (χ4n) is 4.21. The predicted molar refractivity (Wildman–Crippen MR) is 155 cm³/mol. The molecule has 0 aromatic heterocycles. The number of rotatable bonds is 12. The summed E-state index contributed by atoms with van der Waals surface area (Å²) >= 11 is 0. The summed E-state index contributed by atoms with van der Waals surface area (Å²) < 4.78 is 10.4. The highest BCUT2D eigenvalue weighted by molar-refractivity contribution is 6.10. The van der Waals surface area contributed by atoms with E-state index < -0.39 is 23.9 Å². The van der Waals surface area contributed by atoms with Crippen molar-refractivity contribution in [2.75, 3.05) is 26.3 Å². The molecule has 0 saturated carbocycles. The van der Waals surface area contributed by atoms with Crippen LogP contribution in [0.3, 0.4) is 0 Å². The van der Waals surface area contributed by atoms with E-state index in [-0.39, 0.29) is 49.0 Å². The van der Waals surface area contributed by atoms with E-state index in [1.54, 1.807) is 85.0 Å². The van der Waals surface area contributed by atoms with E-state index >= 15 is 0 Å². The van der Waals surface area contributed by atoms with Crippen molar-refractivity contribution in [1.29, 1.82) is 0 Å². The Hall–Kier alpha value is -5.31. The first kappa shape index (κ1) is 29.7. The van der Waals surface area contributed by atoms with Crippen molar-refractivity contribution in [3.05, 3.63) is 131 Å². The van der Waals surface area contributed by atoms with Crippen molar-refractivity contribution in [3.63, 3.8) is 0 Å². The third-order valence-corrected chi connectivity index (χ3v) is 6.34. The van der Waals surface area contributed by atoms with Crippen molar-refractivity contribution in [3.8, 4) is 0 Å². The number of Topliss-reactive ketones (excluding diaryl/α,β-unsaturated/α-hetero) is 1. The number of hydrogen-bond donors (Lipinski definition) is 2. The highest BCUT2D eigenvalue weighted by Crippen LogP contribution is 2.22. The number of carbonyl (C=O) groups excluding carboxylic acids is 5. The molecule has 4 rings (SSSR count). The molecule has 1 atom stereocenters. The van der Waals surface area contributed by atoms with Gasteiger partial charge >= 0.3 is 18.0 Å². The normalized spacial score (nSPS) is 13.8. The average molecular weight is 567 g/mol. The van der Waals surface area contributed by atoms with Gasteiger partial charge in [-0.05, 0) is 18.6 Å². The molecule has 0 bridgehead atoms. The van der Waals surface area contributed by atoms with Gasteiger partial charge in [0.25, 0.3) is 0 Å². The lowest BCUT2D eigenvalue weighted by Gasteiger charge is -2.15. The molecule has 9 nitrogen and oxygen atoms in total. The number of allylic oxidation sites excluding steroid dienone is 2. The molecule has 2 N–H and O–H groups in total. The van der Waals surface area contributed by atoms with Crippen LogP contribution in [0.5, 0.6) is 0 Å². The molecule has 0 saturated heterocycles. The number of amides is 2. The monoisotopic (exact) mass is 566 g/mol. The van der Waals surface area contributed by atoms with Gasteiger partial charge in [0.2, 0.25) is 0 Å². The number of benzene rings is 3. The first-order valence-electron chi connectivity index (χ1n) is 13.5. The lowest BCUT2D eigenvalue weighted by atomic mass is 9.89. The van der Waals surface area contributed by atoms with E-state index in [0.717, 1.165) is 0 Å². The van der Waals surface area contributed by atoms with Gasteiger partial charge in [0, 0.05) is 22.6 Å². The second kappa shape index (κ2) is 14.9. The summed E-state index contributed by atoms with van der Waals surface area (Å²) in [6.45, 7) is -0.0410. The van der Waals surface area contributed by atoms with E-state index in [1.807, 2.05) is 12.1 Å². The van der Waals surface area contributed by atoms with Gasteiger partial charge in [0.15, 0.2) is 11.6 Å². The van der Waals surface area contributed by atoms with Crippen LogP contribution < -0.4 is 10.6 Å². The lowest BCUT2D eigenvalue weighted by molar-refractivity contribution is -0.138. The zero-order valence-corrected chi connectivity index (χ0v) is 22.8. The second-order valence-electron chi connectivity index (χ2n) is 9.33. The quantitative estimate of drug-likeness (QED) is 0.190. The molecule has 214 valence electrons. The van der Waals surface area contributed by atoms with Crippen LogP contribution in [-0.2, 0) is 14.3 Å². The predicted octanol–water partition coefficient (Wildman–Crippen LogP) is 4.30. The van der Waals surface area contributed by atoms with Crippen molar-refractivity contribution in [2.45, 2.75) is 6.42 Å². The summed E-state index contributed by atoms with van der Waals surface area (Å²) in [7, 11) is 0. The van der Waals surface area contributed by atoms with Gasteiger partial charge in [-0.1, -0.05) is 91.0 Å². The molecule has 0 aliphatic heterocycles. The Balaban J connectivity index is 1.13. The molecule has 1 aliphatic rings. The highest BCUT2D eigenvalue weighted by Gasteiger charge is 2.22. The Kier molecular flexibility index (Phi) is 10.5. The van der Waals surface area contributed by atoms with Gasteiger partial charge in [-0.3, -0.25) is 9.59 Å². The van der Waals surface area contributed by atoms with Gasteiger partial charge in [0.05, 0.1) is 24.2 Å². The third-order valence-electron chi connectivity index (χ3n) is 6.34. The Morgan fingerprint density at radius 3 is 1.90 bits per heavy atom. The van der Waals surface area contributed by atoms with Crippen molar-refractivity contribution >= 4 is 29.5 Å². The smallest absolute Gasteiger partial charge is 0.338 e. The summed E-state index contributed by atoms with van der Waals surface area (Å²) in [5.41, 5.74) is 1.97. The average Bonchev–Trinajstić information content (AvgIpc) is 3.05. The molecule has 42 heavy (non-hydrogen) atoms. The molecule has 3 aromatic carbocycles. The van der Waals surface area contributed by atoms with Crippen LogP contribution in [-0.4, -0.2) is 55.8 Å². The topological polar surface area (TPSA) is 128 Å². The minimum atomic E-state index is -0.620. The number of ketones is 2. The zero-order chi connectivity index (χ0) is 29.7. The molecule has 0 fully saturated rings. The second-order valence-corrected chi connectivity index (χ2v) is 9.33. The minimum Gasteiger partial charge on any atom is -0.460 e. The van der Waals surface area contributed by atoms with E-state index in [9.17, 15) is 24.0 Å². The minimum absolute atomic E-state index is 0.0501. The number of nitrogens with one attached hydrogen (secondary N) is 2. The standard InChI is InChI=1S/C33H30N2O7/c36-29(23-9-3-1-4-10-23)25-13-7-15-27(21-25)31(38)41-19-17-34-33(40)35-18-20-42-32(39)28-16-8-14-26(22-28)30(37)24-11-5-2-6-12-24/h1-13,15-16,21-22,26H,14,17-20H2,(H2,34,35,40). The Labute approximate surface area is 243 Å². The number of urea groups is 1. The molecule has 9 heteroatoms. The van der Waals surface area contributed by atoms with Crippen LogP contribution in [0.1, 0.15) is 43.1 Å². The fourth-order valence-corrected chi connectivity index (χ4v) is 4.21. The SMILES string of the molecule is O=C(NCCOC(=O)C1=CC(C(=O)c2ccccc2)CC=C1)NCCOC(=O)c1cccc(C(=O)c2ccccc2)c1. The molecule has 3 aromatic rings. The lowest BCUT2D eigenvalue weighted by Crippen LogP contribution is -2.39. The van der Waals surface area contributed by atoms with Gasteiger partial charge < -0.3 is 20.1 Å². The van der Waals surface area contributed by atoms with Gasteiger partial charge in [-0.15, -0.1) is 0 Å². The number of hydrogen-bond acceptors (Lipinski definition) is 7. The molecule has 0 spiro atoms. The van der Waals surface area contributed by atoms with Gasteiger partial charge in [-0.25, -0.2) is 14.4 Å². The number of carbonyl (C=O) groups is 5. The molecule has 2 amide bonds. The van der Waals surface area contributed by atoms with Crippen LogP contribution in [0.2, 0.25) is 0 Å². The molecule has 0 radical (unpaired) electrons. The van der Waals surface area contributed by atoms with E-state index in [2.05, 4.69) is 10.6 Å². The Bertz CT molecular complexity index is 1500. The van der Waals surface area contributed by atoms with Crippen molar-refractivity contribution in [2.24, 2.45) is 5.92 Å². The molecular formula is C33H30N2O7. The number of esters is 2. The zero-order valence-electron chi connectivity index (χ0n) is 22.8. The van der Waals surface area contributed by atoms with Gasteiger partial charge in [-0.2, -0.15) is 0 Å². The van der Waals surface area contributed by atoms with Crippen LogP contribution >= 0.6 is 0 Å². The summed E-state index contributed by atoms with van der Waals surface area (Å²) in [4.78, 5) is 62.1. The summed E-state index contributed by atoms with van der Waals surface area (Å²) in [5, 5.41) is 5.09. The highest BCUT2D eigenvalue weighted by atomic mass is 16.5. The van der Waals surface area contributed by atoms with Crippen LogP contribution in [0.4, 0.5) is 4.79 Å². The molecule has 1 unspecified atom stereocenters. The van der Waals surface area contributed by atoms with Crippen molar-refractivity contribution in [1.82, 2.24) is 10.6 Å². The largest absolute Gasteiger partial charge is 0.460 e. The molecule has 1 aliphatic carbocycles. The Morgan fingerprint density at radius 1 is 0.667 bits per heavy atom. The first-order valence-corrected chi connectivity index (χ1v) is 13.5. The third kappa shape index (κ3) is 8.34. The molecular weight excluding hydrogens is 536 g/mol. The summed E-state index contributed by atoms with van der Waals surface area (Å²) in [5.74, 6) is -1.92. The van der Waals surface area contributed by atoms with Crippen LogP contribution in [0.25, 0.3) is 0 Å². The maximum absolute atomic E-state index is 12.7. The van der Waals surface area contributed by atoms with Crippen LogP contribution in [0.15, 0.2) is 109 Å². The molecule has 0 heterocycles. The maximum atomic E-state index is 12.7.